The van der Waals surface area contributed by atoms with Gasteiger partial charge in [-0.1, -0.05) is 194 Å². The van der Waals surface area contributed by atoms with E-state index in [1.54, 1.807) is 0 Å². The lowest BCUT2D eigenvalue weighted by atomic mass is 9.92. The van der Waals surface area contributed by atoms with Gasteiger partial charge in [-0.15, -0.1) is 0 Å². The van der Waals surface area contributed by atoms with Crippen LogP contribution in [0.2, 0.25) is 0 Å². The van der Waals surface area contributed by atoms with Crippen LogP contribution in [0.15, 0.2) is 253 Å². The van der Waals surface area contributed by atoms with Crippen LogP contribution in [0.1, 0.15) is 0 Å². The fourth-order valence-electron chi connectivity index (χ4n) is 11.0. The van der Waals surface area contributed by atoms with Crippen molar-refractivity contribution in [2.24, 2.45) is 0 Å². The molecule has 0 unspecified atom stereocenters. The predicted molar refractivity (Wildman–Crippen MR) is 290 cm³/mol. The van der Waals surface area contributed by atoms with Crippen molar-refractivity contribution in [1.82, 2.24) is 0 Å². The van der Waals surface area contributed by atoms with E-state index in [-0.39, 0.29) is 0 Å². The molecule has 13 aromatic rings. The van der Waals surface area contributed by atoms with Gasteiger partial charge in [0.05, 0.1) is 5.69 Å². The minimum absolute atomic E-state index is 0.834. The van der Waals surface area contributed by atoms with E-state index in [1.165, 1.54) is 21.5 Å². The van der Waals surface area contributed by atoms with Gasteiger partial charge in [0.15, 0.2) is 0 Å². The Morgan fingerprint density at radius 2 is 0.739 bits per heavy atom. The van der Waals surface area contributed by atoms with Crippen molar-refractivity contribution in [2.75, 3.05) is 4.90 Å². The van der Waals surface area contributed by atoms with Gasteiger partial charge < -0.3 is 14.1 Å². The summed E-state index contributed by atoms with van der Waals surface area (Å²) in [5.74, 6) is 1.68. The van der Waals surface area contributed by atoms with Gasteiger partial charge in [0.1, 0.15) is 22.7 Å². The maximum absolute atomic E-state index is 6.97. The Morgan fingerprint density at radius 1 is 0.275 bits per heavy atom. The fraction of sp³-hybridized carbons (Fsp3) is 0. The lowest BCUT2D eigenvalue weighted by molar-refractivity contribution is 0.488. The SMILES string of the molecule is c1ccc(-c2ccccc2N(c2ccc3c(c2)-c2ccccc2Oc2ccccc2-3)c2ccc3c(c2)c2ccccc2c2ccccc2c2ccccc2c2c3ccc3c4ccccc4oc32)cc1. The molecular weight excluding hydrogens is 839 g/mol. The van der Waals surface area contributed by atoms with Crippen molar-refractivity contribution in [1.29, 1.82) is 0 Å². The fourth-order valence-corrected chi connectivity index (χ4v) is 11.0. The minimum atomic E-state index is 0.834. The summed E-state index contributed by atoms with van der Waals surface area (Å²) in [4.78, 5) is 2.44. The van der Waals surface area contributed by atoms with Gasteiger partial charge in [0.25, 0.3) is 0 Å². The number of nitrogens with zero attached hydrogens (tertiary/aromatic N) is 1. The van der Waals surface area contributed by atoms with Gasteiger partial charge in [-0.2, -0.15) is 0 Å². The van der Waals surface area contributed by atoms with E-state index in [1.807, 2.05) is 12.1 Å². The first-order valence-corrected chi connectivity index (χ1v) is 23.6. The summed E-state index contributed by atoms with van der Waals surface area (Å²) in [6.45, 7) is 0. The van der Waals surface area contributed by atoms with Crippen molar-refractivity contribution < 1.29 is 9.15 Å². The van der Waals surface area contributed by atoms with Crippen LogP contribution in [-0.4, -0.2) is 0 Å². The van der Waals surface area contributed by atoms with Crippen LogP contribution in [0.4, 0.5) is 17.1 Å². The molecule has 1 aliphatic rings. The number of anilines is 3. The van der Waals surface area contributed by atoms with Gasteiger partial charge in [-0.3, -0.25) is 0 Å². The number of furan rings is 1. The summed E-state index contributed by atoms with van der Waals surface area (Å²) in [6.07, 6.45) is 0. The Kier molecular flexibility index (Phi) is 8.90. The van der Waals surface area contributed by atoms with E-state index in [0.717, 1.165) is 116 Å². The Morgan fingerprint density at radius 3 is 1.45 bits per heavy atom. The maximum Gasteiger partial charge on any atom is 0.143 e. The first-order valence-electron chi connectivity index (χ1n) is 23.6. The van der Waals surface area contributed by atoms with E-state index in [4.69, 9.17) is 9.15 Å². The molecule has 3 heteroatoms. The monoisotopic (exact) mass is 879 g/mol. The van der Waals surface area contributed by atoms with Gasteiger partial charge in [0, 0.05) is 44.2 Å². The number of rotatable bonds is 4. The highest BCUT2D eigenvalue weighted by Crippen LogP contribution is 2.51. The Hall–Kier alpha value is -9.18. The van der Waals surface area contributed by atoms with Crippen LogP contribution in [0.3, 0.4) is 0 Å². The van der Waals surface area contributed by atoms with Crippen molar-refractivity contribution >= 4 is 92.9 Å². The number of ether oxygens (including phenoxy) is 1. The maximum atomic E-state index is 6.97. The quantitative estimate of drug-likeness (QED) is 0.176. The van der Waals surface area contributed by atoms with Crippen molar-refractivity contribution in [3.63, 3.8) is 0 Å². The van der Waals surface area contributed by atoms with E-state index >= 15 is 0 Å². The highest BCUT2D eigenvalue weighted by atomic mass is 16.5. The zero-order valence-electron chi connectivity index (χ0n) is 37.4. The molecule has 0 saturated heterocycles. The molecular formula is C66H41NO2. The van der Waals surface area contributed by atoms with Crippen LogP contribution in [0.5, 0.6) is 11.5 Å². The molecule has 322 valence electrons. The van der Waals surface area contributed by atoms with E-state index in [0.29, 0.717) is 0 Å². The van der Waals surface area contributed by atoms with E-state index in [2.05, 4.69) is 241 Å². The molecule has 2 heterocycles. The zero-order valence-corrected chi connectivity index (χ0v) is 37.4. The molecule has 0 amide bonds. The van der Waals surface area contributed by atoms with Crippen LogP contribution >= 0.6 is 0 Å². The normalized spacial score (nSPS) is 11.9. The molecule has 0 saturated carbocycles. The minimum Gasteiger partial charge on any atom is -0.456 e. The molecule has 0 spiro atoms. The van der Waals surface area contributed by atoms with Crippen LogP contribution in [-0.2, 0) is 0 Å². The smallest absolute Gasteiger partial charge is 0.143 e. The van der Waals surface area contributed by atoms with Gasteiger partial charge in [-0.25, -0.2) is 0 Å². The van der Waals surface area contributed by atoms with Crippen molar-refractivity contribution in [3.05, 3.63) is 249 Å². The third-order valence-corrected chi connectivity index (χ3v) is 14.1. The highest BCUT2D eigenvalue weighted by molar-refractivity contribution is 6.31. The summed E-state index contributed by atoms with van der Waals surface area (Å²) in [6, 6.07) is 89.8. The van der Waals surface area contributed by atoms with Crippen LogP contribution in [0.25, 0.3) is 109 Å². The molecule has 1 aliphatic heterocycles. The molecule has 0 aliphatic carbocycles. The van der Waals surface area contributed by atoms with Crippen LogP contribution in [0, 0.1) is 0 Å². The first-order chi connectivity index (χ1) is 34.2. The Labute approximate surface area is 398 Å². The number of fused-ring (bicyclic) bond motifs is 19. The molecule has 69 heavy (non-hydrogen) atoms. The van der Waals surface area contributed by atoms with Crippen molar-refractivity contribution in [2.45, 2.75) is 0 Å². The lowest BCUT2D eigenvalue weighted by Crippen LogP contribution is -2.11. The Bertz CT molecular complexity index is 4300. The second-order valence-electron chi connectivity index (χ2n) is 17.9. The number of para-hydroxylation sites is 4. The van der Waals surface area contributed by atoms with Crippen molar-refractivity contribution in [3.8, 4) is 44.9 Å². The van der Waals surface area contributed by atoms with Gasteiger partial charge in [-0.05, 0) is 120 Å². The molecule has 0 radical (unpaired) electrons. The topological polar surface area (TPSA) is 25.6 Å². The second-order valence-corrected chi connectivity index (χ2v) is 17.9. The second kappa shape index (κ2) is 15.7. The van der Waals surface area contributed by atoms with E-state index < -0.39 is 0 Å². The lowest BCUT2D eigenvalue weighted by Gasteiger charge is -2.29. The molecule has 0 N–H and O–H groups in total. The summed E-state index contributed by atoms with van der Waals surface area (Å²) in [5, 5.41) is 13.6. The third-order valence-electron chi connectivity index (χ3n) is 14.1. The summed E-state index contributed by atoms with van der Waals surface area (Å²) in [7, 11) is 0. The van der Waals surface area contributed by atoms with Gasteiger partial charge in [0.2, 0.25) is 0 Å². The highest BCUT2D eigenvalue weighted by Gasteiger charge is 2.25. The largest absolute Gasteiger partial charge is 0.456 e. The average molecular weight is 880 g/mol. The molecule has 12 aromatic carbocycles. The summed E-state index contributed by atoms with van der Waals surface area (Å²) >= 11 is 0. The van der Waals surface area contributed by atoms with Gasteiger partial charge >= 0.3 is 0 Å². The first kappa shape index (κ1) is 39.0. The molecule has 14 rings (SSSR count). The predicted octanol–water partition coefficient (Wildman–Crippen LogP) is 19.1. The third kappa shape index (κ3) is 6.21. The Balaban J connectivity index is 1.14. The number of hydrogen-bond acceptors (Lipinski definition) is 3. The summed E-state index contributed by atoms with van der Waals surface area (Å²) < 4.78 is 13.6. The zero-order chi connectivity index (χ0) is 45.4. The number of benzene rings is 11. The summed E-state index contributed by atoms with van der Waals surface area (Å²) in [5.41, 5.74) is 11.5. The van der Waals surface area contributed by atoms with Crippen LogP contribution < -0.4 is 9.64 Å². The average Bonchev–Trinajstić information content (AvgIpc) is 3.73. The standard InChI is InChI=1S/C66H41NO2/c1-2-18-42(19-3-1)45-20-10-14-30-61(45)67(44-34-36-51-53-26-11-15-31-62(53)68-63-32-16-13-28-55(63)60(51)41-44)43-35-37-52-57-38-39-58-54-27-12-17-33-64(54)69-66(58)65(57)56-29-9-8-24-49(56)47-22-5-4-21-46(47)48-23-6-7-25-50(48)59(52)40-43/h1-41H. The molecule has 3 nitrogen and oxygen atoms in total. The molecule has 0 atom stereocenters. The van der Waals surface area contributed by atoms with E-state index in [9.17, 15) is 0 Å². The molecule has 0 bridgehead atoms. The molecule has 0 fully saturated rings. The number of hydrogen-bond donors (Lipinski definition) is 0. The molecule has 1 aromatic heterocycles.